The number of fused-ring (bicyclic) bond motifs is 1. The van der Waals surface area contributed by atoms with Gasteiger partial charge in [0.15, 0.2) is 5.65 Å². The van der Waals surface area contributed by atoms with Crippen LogP contribution in [0.2, 0.25) is 0 Å². The molecule has 0 aliphatic rings. The molecule has 8 heteroatoms. The molecule has 0 unspecified atom stereocenters. The maximum absolute atomic E-state index is 13.6. The highest BCUT2D eigenvalue weighted by atomic mass is 19.1. The Kier molecular flexibility index (Phi) is 5.11. The highest BCUT2D eigenvalue weighted by molar-refractivity contribution is 5.90. The van der Waals surface area contributed by atoms with Gasteiger partial charge in [-0.1, -0.05) is 24.3 Å². The number of aliphatic hydroxyl groups is 1. The van der Waals surface area contributed by atoms with Crippen LogP contribution in [0.5, 0.6) is 0 Å². The quantitative estimate of drug-likeness (QED) is 0.427. The molecule has 2 aromatic heterocycles. The number of halogens is 1. The van der Waals surface area contributed by atoms with Gasteiger partial charge in [-0.3, -0.25) is 0 Å². The summed E-state index contributed by atoms with van der Waals surface area (Å²) in [6.07, 6.45) is 2.26. The second kappa shape index (κ2) is 8.01. The molecule has 0 aliphatic heterocycles. The van der Waals surface area contributed by atoms with Crippen molar-refractivity contribution in [3.8, 4) is 5.69 Å². The van der Waals surface area contributed by atoms with Crippen LogP contribution in [0.4, 0.5) is 21.8 Å². The first-order valence-corrected chi connectivity index (χ1v) is 8.93. The van der Waals surface area contributed by atoms with Crippen molar-refractivity contribution in [2.75, 3.05) is 23.8 Å². The summed E-state index contributed by atoms with van der Waals surface area (Å²) >= 11 is 0. The minimum absolute atomic E-state index is 0.0750. The summed E-state index contributed by atoms with van der Waals surface area (Å²) in [6, 6.07) is 15.8. The van der Waals surface area contributed by atoms with Crippen molar-refractivity contribution < 1.29 is 9.50 Å². The van der Waals surface area contributed by atoms with Crippen LogP contribution in [0.15, 0.2) is 60.8 Å². The number of aliphatic hydroxyl groups excluding tert-OH is 1. The van der Waals surface area contributed by atoms with Gasteiger partial charge in [0.2, 0.25) is 5.95 Å². The maximum Gasteiger partial charge on any atom is 0.226 e. The lowest BCUT2D eigenvalue weighted by Gasteiger charge is -2.11. The Bertz CT molecular complexity index is 1080. The van der Waals surface area contributed by atoms with Crippen LogP contribution in [0, 0.1) is 5.82 Å². The van der Waals surface area contributed by atoms with Crippen molar-refractivity contribution in [2.24, 2.45) is 0 Å². The molecule has 4 aromatic rings. The standard InChI is InChI=1S/C20H19FN6O/c21-14-6-4-7-15(12-14)24-18-17-13-23-27(16-8-2-1-3-9-16)19(17)26-20(25-18)22-10-5-11-28/h1-4,6-9,12-13,28H,5,10-11H2,(H2,22,24,25,26). The van der Waals surface area contributed by atoms with E-state index in [4.69, 9.17) is 5.11 Å². The Morgan fingerprint density at radius 3 is 2.68 bits per heavy atom. The largest absolute Gasteiger partial charge is 0.396 e. The normalized spacial score (nSPS) is 10.9. The maximum atomic E-state index is 13.6. The van der Waals surface area contributed by atoms with Gasteiger partial charge in [-0.2, -0.15) is 15.1 Å². The Hall–Kier alpha value is -3.52. The van der Waals surface area contributed by atoms with Gasteiger partial charge in [-0.05, 0) is 36.8 Å². The zero-order valence-corrected chi connectivity index (χ0v) is 15.0. The SMILES string of the molecule is OCCCNc1nc(Nc2cccc(F)c2)c2cnn(-c3ccccc3)c2n1. The van der Waals surface area contributed by atoms with Crippen molar-refractivity contribution in [2.45, 2.75) is 6.42 Å². The molecule has 0 saturated heterocycles. The Labute approximate surface area is 160 Å². The summed E-state index contributed by atoms with van der Waals surface area (Å²) in [5.74, 6) is 0.582. The van der Waals surface area contributed by atoms with Crippen LogP contribution in [0.25, 0.3) is 16.7 Å². The lowest BCUT2D eigenvalue weighted by atomic mass is 10.3. The lowest BCUT2D eigenvalue weighted by Crippen LogP contribution is -2.09. The van der Waals surface area contributed by atoms with Gasteiger partial charge >= 0.3 is 0 Å². The molecular formula is C20H19FN6O. The van der Waals surface area contributed by atoms with Crippen LogP contribution in [0.3, 0.4) is 0 Å². The summed E-state index contributed by atoms with van der Waals surface area (Å²) in [6.45, 7) is 0.604. The number of aromatic nitrogens is 4. The van der Waals surface area contributed by atoms with Crippen molar-refractivity contribution in [3.05, 3.63) is 66.6 Å². The fourth-order valence-electron chi connectivity index (χ4n) is 2.82. The van der Waals surface area contributed by atoms with Crippen molar-refractivity contribution in [1.29, 1.82) is 0 Å². The van der Waals surface area contributed by atoms with Crippen molar-refractivity contribution in [1.82, 2.24) is 19.7 Å². The van der Waals surface area contributed by atoms with E-state index in [2.05, 4.69) is 25.7 Å². The highest BCUT2D eigenvalue weighted by Crippen LogP contribution is 2.27. The van der Waals surface area contributed by atoms with E-state index in [0.717, 1.165) is 5.69 Å². The molecule has 0 spiro atoms. The molecule has 0 saturated carbocycles. The van der Waals surface area contributed by atoms with E-state index >= 15 is 0 Å². The molecule has 7 nitrogen and oxygen atoms in total. The molecule has 0 fully saturated rings. The lowest BCUT2D eigenvalue weighted by molar-refractivity contribution is 0.292. The predicted octanol–water partition coefficient (Wildman–Crippen LogP) is 3.49. The zero-order chi connectivity index (χ0) is 19.3. The van der Waals surface area contributed by atoms with Gasteiger partial charge in [0.25, 0.3) is 0 Å². The third kappa shape index (κ3) is 3.77. The van der Waals surface area contributed by atoms with Crippen molar-refractivity contribution >= 4 is 28.5 Å². The van der Waals surface area contributed by atoms with Gasteiger partial charge < -0.3 is 15.7 Å². The van der Waals surface area contributed by atoms with Crippen molar-refractivity contribution in [3.63, 3.8) is 0 Å². The molecule has 3 N–H and O–H groups in total. The number of rotatable bonds is 7. The number of hydrogen-bond acceptors (Lipinski definition) is 6. The first-order chi connectivity index (χ1) is 13.7. The fraction of sp³-hybridized carbons (Fsp3) is 0.150. The van der Waals surface area contributed by atoms with Crippen LogP contribution in [-0.2, 0) is 0 Å². The molecule has 0 radical (unpaired) electrons. The van der Waals surface area contributed by atoms with Crippen LogP contribution in [0.1, 0.15) is 6.42 Å². The topological polar surface area (TPSA) is 87.9 Å². The molecule has 0 atom stereocenters. The highest BCUT2D eigenvalue weighted by Gasteiger charge is 2.14. The summed E-state index contributed by atoms with van der Waals surface area (Å²) < 4.78 is 15.3. The number of nitrogens with zero attached hydrogens (tertiary/aromatic N) is 4. The molecule has 142 valence electrons. The summed E-state index contributed by atoms with van der Waals surface area (Å²) in [5, 5.41) is 20.4. The average molecular weight is 378 g/mol. The van der Waals surface area contributed by atoms with Gasteiger partial charge in [-0.15, -0.1) is 0 Å². The fourth-order valence-corrected chi connectivity index (χ4v) is 2.82. The van der Waals surface area contributed by atoms with E-state index in [0.29, 0.717) is 41.5 Å². The number of hydrogen-bond donors (Lipinski definition) is 3. The summed E-state index contributed by atoms with van der Waals surface area (Å²) in [5.41, 5.74) is 2.06. The molecule has 4 rings (SSSR count). The Balaban J connectivity index is 1.79. The minimum atomic E-state index is -0.337. The summed E-state index contributed by atoms with van der Waals surface area (Å²) in [7, 11) is 0. The van der Waals surface area contributed by atoms with E-state index < -0.39 is 0 Å². The van der Waals surface area contributed by atoms with E-state index in [1.54, 1.807) is 23.0 Å². The predicted molar refractivity (Wildman–Crippen MR) is 107 cm³/mol. The first-order valence-electron chi connectivity index (χ1n) is 8.93. The Morgan fingerprint density at radius 2 is 1.89 bits per heavy atom. The molecular weight excluding hydrogens is 359 g/mol. The van der Waals surface area contributed by atoms with Gasteiger partial charge in [0.05, 0.1) is 17.3 Å². The molecule has 0 bridgehead atoms. The van der Waals surface area contributed by atoms with E-state index in [1.807, 2.05) is 30.3 Å². The average Bonchev–Trinajstić information content (AvgIpc) is 3.13. The third-order valence-electron chi connectivity index (χ3n) is 4.13. The van der Waals surface area contributed by atoms with Crippen LogP contribution < -0.4 is 10.6 Å². The number of para-hydroxylation sites is 1. The monoisotopic (exact) mass is 378 g/mol. The van der Waals surface area contributed by atoms with E-state index in [-0.39, 0.29) is 12.4 Å². The second-order valence-corrected chi connectivity index (χ2v) is 6.16. The molecule has 2 heterocycles. The minimum Gasteiger partial charge on any atom is -0.396 e. The zero-order valence-electron chi connectivity index (χ0n) is 15.0. The third-order valence-corrected chi connectivity index (χ3v) is 4.13. The second-order valence-electron chi connectivity index (χ2n) is 6.16. The molecule has 28 heavy (non-hydrogen) atoms. The molecule has 2 aromatic carbocycles. The smallest absolute Gasteiger partial charge is 0.226 e. The number of anilines is 3. The summed E-state index contributed by atoms with van der Waals surface area (Å²) in [4.78, 5) is 9.10. The van der Waals surface area contributed by atoms with Gasteiger partial charge in [-0.25, -0.2) is 9.07 Å². The number of nitrogens with one attached hydrogen (secondary N) is 2. The molecule has 0 aliphatic carbocycles. The van der Waals surface area contributed by atoms with Crippen LogP contribution in [-0.4, -0.2) is 38.0 Å². The number of benzene rings is 2. The van der Waals surface area contributed by atoms with E-state index in [9.17, 15) is 4.39 Å². The first kappa shape index (κ1) is 17.9. The van der Waals surface area contributed by atoms with Gasteiger partial charge in [0, 0.05) is 18.8 Å². The van der Waals surface area contributed by atoms with Gasteiger partial charge in [0.1, 0.15) is 11.6 Å². The van der Waals surface area contributed by atoms with E-state index in [1.165, 1.54) is 12.1 Å². The Morgan fingerprint density at radius 1 is 1.04 bits per heavy atom. The molecule has 0 amide bonds. The van der Waals surface area contributed by atoms with Crippen LogP contribution >= 0.6 is 0 Å².